The number of benzene rings is 2. The van der Waals surface area contributed by atoms with Gasteiger partial charge in [-0.15, -0.1) is 0 Å². The van der Waals surface area contributed by atoms with E-state index >= 15 is 0 Å². The summed E-state index contributed by atoms with van der Waals surface area (Å²) in [4.78, 5) is 16.8. The van der Waals surface area contributed by atoms with Gasteiger partial charge in [0.05, 0.1) is 11.0 Å². The number of aromatic amines is 1. The summed E-state index contributed by atoms with van der Waals surface area (Å²) in [6.45, 7) is 0. The molecule has 0 bridgehead atoms. The van der Waals surface area contributed by atoms with Crippen molar-refractivity contribution < 1.29 is 0 Å². The van der Waals surface area contributed by atoms with Crippen LogP contribution in [-0.2, 0) is 0 Å². The number of rotatable bonds is 1. The minimum Gasteiger partial charge on any atom is -0.321 e. The van der Waals surface area contributed by atoms with E-state index in [2.05, 4.69) is 19.9 Å². The Bertz CT molecular complexity index is 812. The van der Waals surface area contributed by atoms with Gasteiger partial charge >= 0.3 is 0 Å². The molecule has 0 saturated carbocycles. The molecule has 0 atom stereocenters. The van der Waals surface area contributed by atoms with E-state index in [1.54, 1.807) is 0 Å². The molecule has 19 heavy (non-hydrogen) atoms. The summed E-state index contributed by atoms with van der Waals surface area (Å²) in [7, 11) is 0. The highest BCUT2D eigenvalue weighted by atomic mass is 15.0. The summed E-state index contributed by atoms with van der Waals surface area (Å²) in [5.74, 6) is 0.797. The van der Waals surface area contributed by atoms with Crippen molar-refractivity contribution >= 4 is 22.3 Å². The van der Waals surface area contributed by atoms with Gasteiger partial charge in [0.2, 0.25) is 0 Å². The lowest BCUT2D eigenvalue weighted by Gasteiger charge is -1.94. The minimum atomic E-state index is 0.651. The largest absolute Gasteiger partial charge is 0.321 e. The van der Waals surface area contributed by atoms with Gasteiger partial charge in [-0.1, -0.05) is 42.5 Å². The zero-order chi connectivity index (χ0) is 12.7. The number of para-hydroxylation sites is 2. The van der Waals surface area contributed by atoms with Crippen LogP contribution < -0.4 is 0 Å². The van der Waals surface area contributed by atoms with Crippen molar-refractivity contribution in [3.8, 4) is 11.4 Å². The molecule has 4 nitrogen and oxygen atoms in total. The molecule has 0 radical (unpaired) electrons. The predicted molar refractivity (Wildman–Crippen MR) is 74.6 cm³/mol. The van der Waals surface area contributed by atoms with Gasteiger partial charge in [-0.2, -0.15) is 0 Å². The summed E-state index contributed by atoms with van der Waals surface area (Å²) in [6.07, 6.45) is 0. The van der Waals surface area contributed by atoms with Crippen LogP contribution in [0.5, 0.6) is 0 Å². The van der Waals surface area contributed by atoms with Crippen LogP contribution in [0.4, 0.5) is 0 Å². The number of imidazole rings is 1. The molecule has 0 aliphatic rings. The molecule has 0 spiro atoms. The van der Waals surface area contributed by atoms with Crippen LogP contribution in [0.15, 0.2) is 54.6 Å². The molecule has 0 fully saturated rings. The quantitative estimate of drug-likeness (QED) is 0.561. The summed E-state index contributed by atoms with van der Waals surface area (Å²) in [5, 5.41) is 0. The molecule has 4 rings (SSSR count). The molecule has 0 aliphatic heterocycles. The van der Waals surface area contributed by atoms with Crippen molar-refractivity contribution in [2.45, 2.75) is 0 Å². The number of fused-ring (bicyclic) bond motifs is 2. The first kappa shape index (κ1) is 10.2. The van der Waals surface area contributed by atoms with Crippen molar-refractivity contribution in [2.75, 3.05) is 0 Å². The second kappa shape index (κ2) is 3.88. The number of hydrogen-bond acceptors (Lipinski definition) is 3. The topological polar surface area (TPSA) is 54.5 Å². The van der Waals surface area contributed by atoms with Crippen LogP contribution in [0.2, 0.25) is 0 Å². The third-order valence-corrected chi connectivity index (χ3v) is 3.05. The van der Waals surface area contributed by atoms with Gasteiger partial charge < -0.3 is 4.98 Å². The van der Waals surface area contributed by atoms with Gasteiger partial charge in [0.15, 0.2) is 11.3 Å². The van der Waals surface area contributed by atoms with E-state index in [0.717, 1.165) is 28.1 Å². The Morgan fingerprint density at radius 2 is 1.37 bits per heavy atom. The number of nitrogens with one attached hydrogen (secondary N) is 1. The van der Waals surface area contributed by atoms with Gasteiger partial charge in [0.1, 0.15) is 5.82 Å². The maximum Gasteiger partial charge on any atom is 0.198 e. The first-order chi connectivity index (χ1) is 9.40. The van der Waals surface area contributed by atoms with Crippen LogP contribution >= 0.6 is 0 Å². The number of aromatic nitrogens is 4. The number of nitrogens with zero attached hydrogens (tertiary/aromatic N) is 3. The first-order valence-electron chi connectivity index (χ1n) is 6.08. The second-order valence-corrected chi connectivity index (χ2v) is 4.34. The van der Waals surface area contributed by atoms with Gasteiger partial charge in [0.25, 0.3) is 0 Å². The highest BCUT2D eigenvalue weighted by molar-refractivity contribution is 5.84. The Labute approximate surface area is 109 Å². The van der Waals surface area contributed by atoms with E-state index in [1.807, 2.05) is 54.6 Å². The predicted octanol–water partition coefficient (Wildman–Crippen LogP) is 3.17. The maximum absolute atomic E-state index is 4.54. The van der Waals surface area contributed by atoms with Crippen molar-refractivity contribution in [3.05, 3.63) is 54.6 Å². The van der Waals surface area contributed by atoms with Crippen LogP contribution in [0.25, 0.3) is 33.7 Å². The molecule has 0 unspecified atom stereocenters. The lowest BCUT2D eigenvalue weighted by atomic mass is 10.2. The van der Waals surface area contributed by atoms with Crippen LogP contribution in [0.3, 0.4) is 0 Å². The third kappa shape index (κ3) is 1.65. The van der Waals surface area contributed by atoms with E-state index < -0.39 is 0 Å². The van der Waals surface area contributed by atoms with E-state index in [0.29, 0.717) is 5.65 Å². The summed E-state index contributed by atoms with van der Waals surface area (Å²) in [5.41, 5.74) is 4.14. The zero-order valence-electron chi connectivity index (χ0n) is 10.0. The van der Waals surface area contributed by atoms with Gasteiger partial charge in [-0.05, 0) is 12.1 Å². The van der Waals surface area contributed by atoms with Crippen LogP contribution in [-0.4, -0.2) is 19.9 Å². The number of H-pyrrole nitrogens is 1. The molecular weight excluding hydrogens is 236 g/mol. The minimum absolute atomic E-state index is 0.651. The van der Waals surface area contributed by atoms with E-state index in [-0.39, 0.29) is 0 Å². The molecule has 4 heteroatoms. The van der Waals surface area contributed by atoms with Crippen molar-refractivity contribution in [1.29, 1.82) is 0 Å². The lowest BCUT2D eigenvalue weighted by Crippen LogP contribution is -1.85. The van der Waals surface area contributed by atoms with Gasteiger partial charge in [0, 0.05) is 5.56 Å². The fourth-order valence-corrected chi connectivity index (χ4v) is 2.13. The highest BCUT2D eigenvalue weighted by Crippen LogP contribution is 2.19. The lowest BCUT2D eigenvalue weighted by molar-refractivity contribution is 1.31. The van der Waals surface area contributed by atoms with Crippen molar-refractivity contribution in [3.63, 3.8) is 0 Å². The Hall–Kier alpha value is -2.75. The Morgan fingerprint density at radius 3 is 2.16 bits per heavy atom. The molecule has 1 N–H and O–H groups in total. The molecule has 0 aliphatic carbocycles. The summed E-state index contributed by atoms with van der Waals surface area (Å²) in [6, 6.07) is 17.8. The standard InChI is InChI=1S/C15H10N4/c1-2-6-10(7-3-1)13-18-14-15(19-13)17-12-9-5-4-8-11(12)16-14/h1-9H,(H,16,17,18,19). The third-order valence-electron chi connectivity index (χ3n) is 3.05. The normalized spacial score (nSPS) is 11.2. The van der Waals surface area contributed by atoms with E-state index in [4.69, 9.17) is 0 Å². The average Bonchev–Trinajstić information content (AvgIpc) is 2.88. The average molecular weight is 246 g/mol. The Balaban J connectivity index is 1.98. The summed E-state index contributed by atoms with van der Waals surface area (Å²) >= 11 is 0. The SMILES string of the molecule is c1ccc(-c2nc3nc4ccccc4nc3[nH]2)cc1. The molecular formula is C15H10N4. The van der Waals surface area contributed by atoms with Crippen molar-refractivity contribution in [2.24, 2.45) is 0 Å². The molecule has 2 heterocycles. The first-order valence-corrected chi connectivity index (χ1v) is 6.08. The molecule has 2 aromatic carbocycles. The van der Waals surface area contributed by atoms with E-state index in [1.165, 1.54) is 0 Å². The maximum atomic E-state index is 4.54. The highest BCUT2D eigenvalue weighted by Gasteiger charge is 2.08. The molecule has 90 valence electrons. The van der Waals surface area contributed by atoms with Gasteiger partial charge in [-0.25, -0.2) is 15.0 Å². The van der Waals surface area contributed by atoms with E-state index in [9.17, 15) is 0 Å². The second-order valence-electron chi connectivity index (χ2n) is 4.34. The number of hydrogen-bond donors (Lipinski definition) is 1. The smallest absolute Gasteiger partial charge is 0.198 e. The fraction of sp³-hybridized carbons (Fsp3) is 0. The monoisotopic (exact) mass is 246 g/mol. The molecule has 0 saturated heterocycles. The van der Waals surface area contributed by atoms with Crippen LogP contribution in [0, 0.1) is 0 Å². The Morgan fingerprint density at radius 1 is 0.684 bits per heavy atom. The molecule has 4 aromatic rings. The Kier molecular flexibility index (Phi) is 2.08. The van der Waals surface area contributed by atoms with Gasteiger partial charge in [-0.3, -0.25) is 0 Å². The molecule has 0 amide bonds. The fourth-order valence-electron chi connectivity index (χ4n) is 2.13. The van der Waals surface area contributed by atoms with Crippen LogP contribution in [0.1, 0.15) is 0 Å². The summed E-state index contributed by atoms with van der Waals surface area (Å²) < 4.78 is 0. The molecule has 2 aromatic heterocycles. The zero-order valence-corrected chi connectivity index (χ0v) is 10.0. The van der Waals surface area contributed by atoms with Crippen molar-refractivity contribution in [1.82, 2.24) is 19.9 Å².